The van der Waals surface area contributed by atoms with E-state index in [2.05, 4.69) is 16.9 Å². The summed E-state index contributed by atoms with van der Waals surface area (Å²) in [4.78, 5) is 6.95. The van der Waals surface area contributed by atoms with E-state index in [-0.39, 0.29) is 0 Å². The fraction of sp³-hybridized carbons (Fsp3) is 0.571. The van der Waals surface area contributed by atoms with Crippen molar-refractivity contribution in [3.8, 4) is 0 Å². The Balaban J connectivity index is 0.000000291. The summed E-state index contributed by atoms with van der Waals surface area (Å²) in [5.74, 6) is 1.06. The van der Waals surface area contributed by atoms with Crippen molar-refractivity contribution in [3.63, 3.8) is 0 Å². The first-order valence-corrected chi connectivity index (χ1v) is 3.41. The molecular weight excluding hydrogens is 112 g/mol. The third kappa shape index (κ3) is 2.90. The average molecular weight is 126 g/mol. The highest BCUT2D eigenvalue weighted by molar-refractivity contribution is 4.84. The van der Waals surface area contributed by atoms with Crippen LogP contribution in [-0.2, 0) is 6.42 Å². The predicted octanol–water partition coefficient (Wildman–Crippen LogP) is 2.00. The predicted molar refractivity (Wildman–Crippen MR) is 39.3 cm³/mol. The van der Waals surface area contributed by atoms with Crippen LogP contribution in [0.1, 0.15) is 26.6 Å². The summed E-state index contributed by atoms with van der Waals surface area (Å²) in [6, 6.07) is 0. The van der Waals surface area contributed by atoms with Gasteiger partial charge in [-0.15, -0.1) is 0 Å². The zero-order chi connectivity index (χ0) is 7.11. The number of hydrogen-bond donors (Lipinski definition) is 1. The smallest absolute Gasteiger partial charge is 0.105 e. The van der Waals surface area contributed by atoms with Gasteiger partial charge in [0.2, 0.25) is 0 Å². The number of nitrogens with zero attached hydrogens (tertiary/aromatic N) is 1. The SMILES string of the molecule is CC.CCc1ncc[nH]1. The van der Waals surface area contributed by atoms with Gasteiger partial charge >= 0.3 is 0 Å². The fourth-order valence-corrected chi connectivity index (χ4v) is 0.491. The van der Waals surface area contributed by atoms with Gasteiger partial charge in [0.1, 0.15) is 5.82 Å². The van der Waals surface area contributed by atoms with Crippen molar-refractivity contribution >= 4 is 0 Å². The highest BCUT2D eigenvalue weighted by atomic mass is 14.9. The van der Waals surface area contributed by atoms with Crippen LogP contribution in [0.3, 0.4) is 0 Å². The van der Waals surface area contributed by atoms with Crippen molar-refractivity contribution in [1.82, 2.24) is 9.97 Å². The standard InChI is InChI=1S/C5H8N2.C2H6/c1-2-5-6-3-4-7-5;1-2/h3-4H,2H2,1H3,(H,6,7);1-2H3. The van der Waals surface area contributed by atoms with E-state index >= 15 is 0 Å². The summed E-state index contributed by atoms with van der Waals surface area (Å²) in [6.45, 7) is 6.07. The molecule has 0 saturated carbocycles. The Bertz CT molecular complexity index is 121. The molecule has 0 fully saturated rings. The molecule has 0 atom stereocenters. The van der Waals surface area contributed by atoms with Crippen LogP contribution in [0.2, 0.25) is 0 Å². The topological polar surface area (TPSA) is 28.7 Å². The lowest BCUT2D eigenvalue weighted by Crippen LogP contribution is -1.78. The normalized spacial score (nSPS) is 7.89. The van der Waals surface area contributed by atoms with Crippen molar-refractivity contribution in [2.75, 3.05) is 0 Å². The van der Waals surface area contributed by atoms with E-state index in [0.29, 0.717) is 0 Å². The second-order valence-electron chi connectivity index (χ2n) is 1.39. The van der Waals surface area contributed by atoms with E-state index in [4.69, 9.17) is 0 Å². The Labute approximate surface area is 56.3 Å². The highest BCUT2D eigenvalue weighted by Crippen LogP contribution is 1.85. The van der Waals surface area contributed by atoms with Crippen LogP contribution in [0.25, 0.3) is 0 Å². The van der Waals surface area contributed by atoms with Crippen LogP contribution < -0.4 is 0 Å². The molecule has 9 heavy (non-hydrogen) atoms. The molecule has 2 heteroatoms. The van der Waals surface area contributed by atoms with Crippen LogP contribution in [0, 0.1) is 0 Å². The summed E-state index contributed by atoms with van der Waals surface area (Å²) in [5, 5.41) is 0. The second-order valence-corrected chi connectivity index (χ2v) is 1.39. The van der Waals surface area contributed by atoms with Crippen molar-refractivity contribution in [2.45, 2.75) is 27.2 Å². The quantitative estimate of drug-likeness (QED) is 0.612. The van der Waals surface area contributed by atoms with Gasteiger partial charge in [0.25, 0.3) is 0 Å². The van der Waals surface area contributed by atoms with Gasteiger partial charge in [-0.3, -0.25) is 0 Å². The molecule has 2 nitrogen and oxygen atoms in total. The number of imidazole rings is 1. The van der Waals surface area contributed by atoms with E-state index in [1.165, 1.54) is 0 Å². The number of aromatic amines is 1. The molecule has 0 amide bonds. The van der Waals surface area contributed by atoms with Gasteiger partial charge in [-0.05, 0) is 0 Å². The third-order valence-electron chi connectivity index (χ3n) is 0.890. The molecule has 0 aliphatic carbocycles. The Morgan fingerprint density at radius 1 is 1.56 bits per heavy atom. The Hall–Kier alpha value is -0.790. The maximum Gasteiger partial charge on any atom is 0.105 e. The van der Waals surface area contributed by atoms with E-state index in [1.54, 1.807) is 6.20 Å². The van der Waals surface area contributed by atoms with Gasteiger partial charge in [0.05, 0.1) is 0 Å². The molecule has 1 aromatic rings. The molecule has 0 aromatic carbocycles. The molecule has 0 aliphatic heterocycles. The molecular formula is C7H14N2. The molecule has 1 aromatic heterocycles. The molecule has 0 unspecified atom stereocenters. The van der Waals surface area contributed by atoms with Crippen LogP contribution >= 0.6 is 0 Å². The van der Waals surface area contributed by atoms with Crippen molar-refractivity contribution in [2.24, 2.45) is 0 Å². The Morgan fingerprint density at radius 2 is 2.22 bits per heavy atom. The Kier molecular flexibility index (Phi) is 4.88. The minimum absolute atomic E-state index is 0.993. The summed E-state index contributed by atoms with van der Waals surface area (Å²) < 4.78 is 0. The minimum atomic E-state index is 0.993. The number of H-pyrrole nitrogens is 1. The number of aromatic nitrogens is 2. The van der Waals surface area contributed by atoms with Gasteiger partial charge in [-0.2, -0.15) is 0 Å². The summed E-state index contributed by atoms with van der Waals surface area (Å²) in [6.07, 6.45) is 4.59. The maximum atomic E-state index is 3.98. The fourth-order valence-electron chi connectivity index (χ4n) is 0.491. The van der Waals surface area contributed by atoms with Crippen LogP contribution in [-0.4, -0.2) is 9.97 Å². The Morgan fingerprint density at radius 3 is 2.44 bits per heavy atom. The molecule has 1 heterocycles. The molecule has 0 bridgehead atoms. The average Bonchev–Trinajstić information content (AvgIpc) is 2.43. The second kappa shape index (κ2) is 5.35. The van der Waals surface area contributed by atoms with E-state index in [9.17, 15) is 0 Å². The number of hydrogen-bond acceptors (Lipinski definition) is 1. The molecule has 1 rings (SSSR count). The summed E-state index contributed by atoms with van der Waals surface area (Å²) in [5.41, 5.74) is 0. The lowest BCUT2D eigenvalue weighted by molar-refractivity contribution is 0.990. The third-order valence-corrected chi connectivity index (χ3v) is 0.890. The summed E-state index contributed by atoms with van der Waals surface area (Å²) >= 11 is 0. The molecule has 0 spiro atoms. The molecule has 0 aliphatic rings. The summed E-state index contributed by atoms with van der Waals surface area (Å²) in [7, 11) is 0. The van der Waals surface area contributed by atoms with E-state index in [1.807, 2.05) is 20.0 Å². The van der Waals surface area contributed by atoms with E-state index in [0.717, 1.165) is 12.2 Å². The van der Waals surface area contributed by atoms with Crippen molar-refractivity contribution < 1.29 is 0 Å². The monoisotopic (exact) mass is 126 g/mol. The van der Waals surface area contributed by atoms with Gasteiger partial charge < -0.3 is 4.98 Å². The molecule has 1 N–H and O–H groups in total. The lowest BCUT2D eigenvalue weighted by Gasteiger charge is -1.79. The number of aryl methyl sites for hydroxylation is 1. The van der Waals surface area contributed by atoms with Crippen LogP contribution in [0.5, 0.6) is 0 Å². The van der Waals surface area contributed by atoms with Crippen LogP contribution in [0.4, 0.5) is 0 Å². The first kappa shape index (κ1) is 8.21. The minimum Gasteiger partial charge on any atom is -0.349 e. The lowest BCUT2D eigenvalue weighted by atomic mass is 10.5. The number of nitrogens with one attached hydrogen (secondary N) is 1. The van der Waals surface area contributed by atoms with Gasteiger partial charge in [0, 0.05) is 18.8 Å². The van der Waals surface area contributed by atoms with Gasteiger partial charge in [-0.1, -0.05) is 20.8 Å². The zero-order valence-corrected chi connectivity index (χ0v) is 6.31. The number of rotatable bonds is 1. The maximum absolute atomic E-state index is 3.98. The van der Waals surface area contributed by atoms with Crippen molar-refractivity contribution in [1.29, 1.82) is 0 Å². The first-order valence-electron chi connectivity index (χ1n) is 3.41. The van der Waals surface area contributed by atoms with Crippen LogP contribution in [0.15, 0.2) is 12.4 Å². The molecule has 52 valence electrons. The highest BCUT2D eigenvalue weighted by Gasteiger charge is 1.82. The molecule has 0 radical (unpaired) electrons. The van der Waals surface area contributed by atoms with E-state index < -0.39 is 0 Å². The first-order chi connectivity index (χ1) is 4.43. The molecule has 0 saturated heterocycles. The zero-order valence-electron chi connectivity index (χ0n) is 6.31. The van der Waals surface area contributed by atoms with Gasteiger partial charge in [-0.25, -0.2) is 4.98 Å². The largest absolute Gasteiger partial charge is 0.349 e. The van der Waals surface area contributed by atoms with Gasteiger partial charge in [0.15, 0.2) is 0 Å². The van der Waals surface area contributed by atoms with Crippen molar-refractivity contribution in [3.05, 3.63) is 18.2 Å².